The van der Waals surface area contributed by atoms with Crippen LogP contribution in [0.15, 0.2) is 60.7 Å². The van der Waals surface area contributed by atoms with Crippen molar-refractivity contribution >= 4 is 35.4 Å². The third-order valence-corrected chi connectivity index (χ3v) is 9.76. The Morgan fingerprint density at radius 3 is 2.26 bits per heavy atom. The molecule has 47 heavy (non-hydrogen) atoms. The van der Waals surface area contributed by atoms with Gasteiger partial charge in [-0.1, -0.05) is 60.7 Å². The van der Waals surface area contributed by atoms with Crippen LogP contribution in [0, 0.1) is 0 Å². The Bertz CT molecular complexity index is 1370. The van der Waals surface area contributed by atoms with Crippen molar-refractivity contribution in [3.63, 3.8) is 0 Å². The van der Waals surface area contributed by atoms with E-state index in [4.69, 9.17) is 0 Å². The van der Waals surface area contributed by atoms with Gasteiger partial charge < -0.3 is 26.4 Å². The van der Waals surface area contributed by atoms with Crippen molar-refractivity contribution in [2.45, 2.75) is 100 Å². The van der Waals surface area contributed by atoms with Crippen molar-refractivity contribution in [2.75, 3.05) is 19.6 Å². The number of amides is 4. The van der Waals surface area contributed by atoms with Gasteiger partial charge in [-0.15, -0.1) is 11.8 Å². The van der Waals surface area contributed by atoms with Gasteiger partial charge in [-0.05, 0) is 65.1 Å². The minimum absolute atomic E-state index is 0.0152. The van der Waals surface area contributed by atoms with E-state index in [2.05, 4.69) is 26.6 Å². The highest BCUT2D eigenvalue weighted by Gasteiger charge is 2.49. The number of nitrogens with one attached hydrogen (secondary N) is 5. The maximum absolute atomic E-state index is 13.6. The molecule has 2 aliphatic heterocycles. The molecule has 2 aliphatic rings. The van der Waals surface area contributed by atoms with Crippen LogP contribution >= 0.6 is 11.8 Å². The number of thioether (sulfide) groups is 1. The highest BCUT2D eigenvalue weighted by molar-refractivity contribution is 8.01. The van der Waals surface area contributed by atoms with Crippen LogP contribution in [0.25, 0.3) is 0 Å². The maximum Gasteiger partial charge on any atom is 0.245 e. The fourth-order valence-electron chi connectivity index (χ4n) is 5.98. The highest BCUT2D eigenvalue weighted by Crippen LogP contribution is 2.39. The fraction of sp³-hybridized carbons (Fsp3) is 0.543. The van der Waals surface area contributed by atoms with E-state index in [9.17, 15) is 24.3 Å². The Morgan fingerprint density at radius 1 is 0.979 bits per heavy atom. The lowest BCUT2D eigenvalue weighted by Gasteiger charge is -2.30. The average molecular weight is 667 g/mol. The molecule has 0 aliphatic carbocycles. The first-order valence-electron chi connectivity index (χ1n) is 16.3. The minimum atomic E-state index is -0.950. The van der Waals surface area contributed by atoms with E-state index in [0.717, 1.165) is 24.0 Å². The third-order valence-electron chi connectivity index (χ3n) is 8.26. The van der Waals surface area contributed by atoms with Crippen LogP contribution in [0.1, 0.15) is 58.6 Å². The zero-order chi connectivity index (χ0) is 34.2. The van der Waals surface area contributed by atoms with E-state index < -0.39 is 28.3 Å². The third kappa shape index (κ3) is 10.8. The predicted octanol–water partition coefficient (Wildman–Crippen LogP) is 1.70. The second-order valence-electron chi connectivity index (χ2n) is 13.9. The van der Waals surface area contributed by atoms with Crippen LogP contribution in [0.4, 0.5) is 0 Å². The molecule has 2 saturated heterocycles. The molecule has 4 amide bonds. The van der Waals surface area contributed by atoms with Crippen molar-refractivity contribution < 1.29 is 24.3 Å². The zero-order valence-electron chi connectivity index (χ0n) is 28.0. The van der Waals surface area contributed by atoms with Gasteiger partial charge in [-0.25, -0.2) is 0 Å². The summed E-state index contributed by atoms with van der Waals surface area (Å²) >= 11 is 1.42. The lowest BCUT2D eigenvalue weighted by atomic mass is 10.0. The molecule has 4 rings (SSSR count). The molecule has 2 fully saturated rings. The van der Waals surface area contributed by atoms with Crippen molar-refractivity contribution in [1.29, 1.82) is 0 Å². The molecular formula is C35H50N6O5S. The number of carbonyl (C=O) groups is 4. The van der Waals surface area contributed by atoms with Crippen LogP contribution in [0.3, 0.4) is 0 Å². The van der Waals surface area contributed by atoms with Crippen molar-refractivity contribution in [2.24, 2.45) is 0 Å². The molecule has 2 heterocycles. The van der Waals surface area contributed by atoms with E-state index in [1.165, 1.54) is 11.8 Å². The first kappa shape index (κ1) is 36.4. The van der Waals surface area contributed by atoms with Gasteiger partial charge in [0.15, 0.2) is 0 Å². The van der Waals surface area contributed by atoms with Gasteiger partial charge in [0.25, 0.3) is 0 Å². The van der Waals surface area contributed by atoms with Crippen molar-refractivity contribution in [3.05, 3.63) is 71.8 Å². The van der Waals surface area contributed by atoms with Gasteiger partial charge in [-0.3, -0.25) is 29.4 Å². The molecule has 0 radical (unpaired) electrons. The first-order chi connectivity index (χ1) is 22.2. The van der Waals surface area contributed by atoms with Gasteiger partial charge in [0.1, 0.15) is 12.1 Å². The number of benzene rings is 2. The minimum Gasteiger partial charge on any atom is -0.390 e. The van der Waals surface area contributed by atoms with E-state index in [1.54, 1.807) is 0 Å². The van der Waals surface area contributed by atoms with Crippen molar-refractivity contribution in [3.8, 4) is 0 Å². The van der Waals surface area contributed by atoms with E-state index in [0.29, 0.717) is 13.1 Å². The molecule has 11 nitrogen and oxygen atoms in total. The normalized spacial score (nSPS) is 22.2. The molecule has 0 aromatic heterocycles. The summed E-state index contributed by atoms with van der Waals surface area (Å²) in [5.41, 5.74) is 1.40. The Kier molecular flexibility index (Phi) is 12.5. The van der Waals surface area contributed by atoms with Crippen LogP contribution in [0.2, 0.25) is 0 Å². The lowest BCUT2D eigenvalue weighted by Crippen LogP contribution is -2.58. The SMILES string of the molecule is CC(C)(C)NC(=O)[C@@H]1CCCN1CC(O)CNC(=O)[C@@H]1N[C@@H]([C@H](NC(=O)Cc2ccccc2)C(=O)NCc2ccccc2)SC1(C)C. The van der Waals surface area contributed by atoms with E-state index in [-0.39, 0.29) is 54.7 Å². The molecule has 0 bridgehead atoms. The predicted molar refractivity (Wildman–Crippen MR) is 184 cm³/mol. The molecule has 2 aromatic carbocycles. The van der Waals surface area contributed by atoms with Gasteiger partial charge in [0.2, 0.25) is 23.6 Å². The molecular weight excluding hydrogens is 616 g/mol. The summed E-state index contributed by atoms with van der Waals surface area (Å²) in [7, 11) is 0. The topological polar surface area (TPSA) is 152 Å². The molecule has 1 unspecified atom stereocenters. The smallest absolute Gasteiger partial charge is 0.245 e. The summed E-state index contributed by atoms with van der Waals surface area (Å²) < 4.78 is -0.632. The number of hydrogen-bond acceptors (Lipinski definition) is 8. The van der Waals surface area contributed by atoms with Gasteiger partial charge in [0, 0.05) is 29.9 Å². The molecule has 0 saturated carbocycles. The zero-order valence-corrected chi connectivity index (χ0v) is 28.9. The molecule has 0 spiro atoms. The first-order valence-corrected chi connectivity index (χ1v) is 17.2. The Labute approximate surface area is 282 Å². The molecule has 256 valence electrons. The highest BCUT2D eigenvalue weighted by atomic mass is 32.2. The average Bonchev–Trinajstić information content (AvgIpc) is 3.60. The quantitative estimate of drug-likeness (QED) is 0.189. The number of β-amino-alcohol motifs (C(OH)–C–C–N with tert-alkyl or cyclic N) is 1. The van der Waals surface area contributed by atoms with Gasteiger partial charge in [-0.2, -0.15) is 0 Å². The second kappa shape index (κ2) is 16.1. The molecule has 6 N–H and O–H groups in total. The number of aliphatic hydroxyl groups is 1. The van der Waals surface area contributed by atoms with E-state index >= 15 is 0 Å². The number of hydrogen-bond donors (Lipinski definition) is 6. The largest absolute Gasteiger partial charge is 0.390 e. The van der Waals surface area contributed by atoms with E-state index in [1.807, 2.05) is 100 Å². The van der Waals surface area contributed by atoms with Crippen LogP contribution in [-0.2, 0) is 32.1 Å². The lowest BCUT2D eigenvalue weighted by molar-refractivity contribution is -0.129. The van der Waals surface area contributed by atoms with Crippen molar-refractivity contribution in [1.82, 2.24) is 31.5 Å². The van der Waals surface area contributed by atoms with Gasteiger partial charge >= 0.3 is 0 Å². The maximum atomic E-state index is 13.6. The Morgan fingerprint density at radius 2 is 1.62 bits per heavy atom. The summed E-state index contributed by atoms with van der Waals surface area (Å²) in [6.07, 6.45) is 0.828. The number of aliphatic hydroxyl groups excluding tert-OH is 1. The summed E-state index contributed by atoms with van der Waals surface area (Å²) in [5, 5.41) is 25.3. The summed E-state index contributed by atoms with van der Waals surface area (Å²) in [5.74, 6) is -1.03. The Balaban J connectivity index is 1.37. The number of carbonyl (C=O) groups excluding carboxylic acids is 4. The van der Waals surface area contributed by atoms with Crippen LogP contribution < -0.4 is 26.6 Å². The summed E-state index contributed by atoms with van der Waals surface area (Å²) in [6, 6.07) is 16.9. The standard InChI is InChI=1S/C35H50N6O5S/c1-34(2,3)40-30(44)26-17-12-18-41(26)22-25(42)21-37-32(46)29-35(4,5)47-33(39-29)28(31(45)36-20-24-15-10-7-11-16-24)38-27(43)19-23-13-8-6-9-14-23/h6-11,13-16,25-26,28-29,33,39,42H,12,17-22H2,1-5H3,(H,36,45)(H,37,46)(H,38,43)(H,40,44)/t25?,26-,28+,29-,33+/m0/s1. The molecule has 2 aromatic rings. The molecule has 12 heteroatoms. The monoisotopic (exact) mass is 666 g/mol. The number of nitrogens with zero attached hydrogens (tertiary/aromatic N) is 1. The van der Waals surface area contributed by atoms with Crippen LogP contribution in [0.5, 0.6) is 0 Å². The number of rotatable bonds is 13. The second-order valence-corrected chi connectivity index (χ2v) is 15.7. The Hall–Kier alpha value is -3.45. The summed E-state index contributed by atoms with van der Waals surface area (Å²) in [6.45, 7) is 10.9. The van der Waals surface area contributed by atoms with Crippen LogP contribution in [-0.4, -0.2) is 93.2 Å². The summed E-state index contributed by atoms with van der Waals surface area (Å²) in [4.78, 5) is 54.9. The number of likely N-dealkylation sites (tertiary alicyclic amines) is 1. The van der Waals surface area contributed by atoms with Gasteiger partial charge in [0.05, 0.1) is 23.9 Å². The fourth-order valence-corrected chi connectivity index (χ4v) is 7.48. The molecule has 5 atom stereocenters.